The van der Waals surface area contributed by atoms with Gasteiger partial charge in [-0.25, -0.2) is 4.79 Å². The summed E-state index contributed by atoms with van der Waals surface area (Å²) in [5, 5.41) is 3.68. The van der Waals surface area contributed by atoms with E-state index in [1.165, 1.54) is 0 Å². The van der Waals surface area contributed by atoms with Gasteiger partial charge in [0.1, 0.15) is 6.61 Å². The molecule has 1 aromatic heterocycles. The molecule has 0 bridgehead atoms. The van der Waals surface area contributed by atoms with Crippen molar-refractivity contribution in [1.82, 2.24) is 10.3 Å². The molecule has 26 heavy (non-hydrogen) atoms. The Hall–Kier alpha value is -3.08. The minimum absolute atomic E-state index is 0.120. The Morgan fingerprint density at radius 2 is 1.88 bits per heavy atom. The van der Waals surface area contributed by atoms with Gasteiger partial charge in [0.2, 0.25) is 0 Å². The zero-order valence-corrected chi connectivity index (χ0v) is 15.0. The fraction of sp³-hybridized carbons (Fsp3) is 0.238. The lowest BCUT2D eigenvalue weighted by molar-refractivity contribution is 0.140. The molecule has 2 aromatic carbocycles. The van der Waals surface area contributed by atoms with E-state index in [4.69, 9.17) is 4.74 Å². The minimum Gasteiger partial charge on any atom is -0.445 e. The number of fused-ring (bicyclic) bond motifs is 1. The van der Waals surface area contributed by atoms with E-state index < -0.39 is 6.09 Å². The van der Waals surface area contributed by atoms with Crippen molar-refractivity contribution in [3.8, 4) is 0 Å². The van der Waals surface area contributed by atoms with Crippen molar-refractivity contribution in [2.45, 2.75) is 26.9 Å². The Morgan fingerprint density at radius 1 is 1.12 bits per heavy atom. The number of rotatable bonds is 5. The lowest BCUT2D eigenvalue weighted by atomic mass is 10.0. The Morgan fingerprint density at radius 3 is 2.65 bits per heavy atom. The molecular weight excluding hydrogens is 328 g/mol. The number of pyridine rings is 1. The number of hydrogen-bond donors (Lipinski definition) is 2. The van der Waals surface area contributed by atoms with E-state index in [0.29, 0.717) is 18.5 Å². The maximum atomic E-state index is 12.3. The Labute approximate surface area is 152 Å². The number of carbonyl (C=O) groups is 1. The number of alkyl carbamates (subject to hydrolysis) is 1. The van der Waals surface area contributed by atoms with Crippen LogP contribution in [0.4, 0.5) is 4.79 Å². The number of carbonyl (C=O) groups excluding carboxylic acids is 1. The lowest BCUT2D eigenvalue weighted by Crippen LogP contribution is -2.28. The molecule has 0 unspecified atom stereocenters. The van der Waals surface area contributed by atoms with Gasteiger partial charge >= 0.3 is 6.09 Å². The van der Waals surface area contributed by atoms with Crippen LogP contribution in [-0.4, -0.2) is 17.6 Å². The highest BCUT2D eigenvalue weighted by Crippen LogP contribution is 2.18. The normalized spacial score (nSPS) is 10.7. The van der Waals surface area contributed by atoms with E-state index in [-0.39, 0.29) is 12.2 Å². The first-order valence-electron chi connectivity index (χ1n) is 8.61. The van der Waals surface area contributed by atoms with Crippen molar-refractivity contribution >= 4 is 17.0 Å². The number of aromatic amines is 1. The first-order chi connectivity index (χ1) is 12.5. The van der Waals surface area contributed by atoms with Crippen LogP contribution >= 0.6 is 0 Å². The van der Waals surface area contributed by atoms with Gasteiger partial charge < -0.3 is 15.0 Å². The molecule has 0 saturated carbocycles. The lowest BCUT2D eigenvalue weighted by Gasteiger charge is -2.09. The number of nitrogens with one attached hydrogen (secondary N) is 2. The monoisotopic (exact) mass is 350 g/mol. The molecule has 1 heterocycles. The van der Waals surface area contributed by atoms with Crippen LogP contribution in [0.5, 0.6) is 0 Å². The number of aryl methyl sites for hydroxylation is 2. The molecule has 3 aromatic rings. The number of benzene rings is 2. The maximum absolute atomic E-state index is 12.3. The molecule has 0 aliphatic carbocycles. The van der Waals surface area contributed by atoms with Crippen LogP contribution in [0.15, 0.2) is 53.3 Å². The Bertz CT molecular complexity index is 978. The topological polar surface area (TPSA) is 71.2 Å². The van der Waals surface area contributed by atoms with Crippen LogP contribution in [0.2, 0.25) is 0 Å². The number of H-pyrrole nitrogens is 1. The molecule has 5 nitrogen and oxygen atoms in total. The number of amides is 1. The van der Waals surface area contributed by atoms with Crippen LogP contribution < -0.4 is 10.9 Å². The zero-order valence-electron chi connectivity index (χ0n) is 15.0. The fourth-order valence-electron chi connectivity index (χ4n) is 2.83. The van der Waals surface area contributed by atoms with Gasteiger partial charge in [0.15, 0.2) is 0 Å². The molecule has 0 radical (unpaired) electrons. The van der Waals surface area contributed by atoms with Gasteiger partial charge in [-0.3, -0.25) is 4.79 Å². The largest absolute Gasteiger partial charge is 0.445 e. The second-order valence-electron chi connectivity index (χ2n) is 6.33. The van der Waals surface area contributed by atoms with Gasteiger partial charge in [-0.05, 0) is 48.4 Å². The van der Waals surface area contributed by atoms with Crippen molar-refractivity contribution in [3.63, 3.8) is 0 Å². The summed E-state index contributed by atoms with van der Waals surface area (Å²) in [5.74, 6) is 0. The standard InChI is InChI=1S/C21H22N2O3/c1-14-8-9-17-12-18(20(24)23-19(17)15(14)2)10-11-22-21(25)26-13-16-6-4-3-5-7-16/h3-9,12H,10-11,13H2,1-2H3,(H,22,25)(H,23,24). The second-order valence-corrected chi connectivity index (χ2v) is 6.33. The molecule has 0 aliphatic heterocycles. The second kappa shape index (κ2) is 7.87. The molecular formula is C21H22N2O3. The molecule has 1 amide bonds. The SMILES string of the molecule is Cc1ccc2cc(CCNC(=O)OCc3ccccc3)c(=O)[nH]c2c1C. The maximum Gasteiger partial charge on any atom is 0.407 e. The number of hydrogen-bond acceptors (Lipinski definition) is 3. The van der Waals surface area contributed by atoms with E-state index in [1.807, 2.05) is 62.4 Å². The summed E-state index contributed by atoms with van der Waals surface area (Å²) in [6.45, 7) is 4.58. The van der Waals surface area contributed by atoms with E-state index in [9.17, 15) is 9.59 Å². The first-order valence-corrected chi connectivity index (χ1v) is 8.61. The third-order valence-corrected chi connectivity index (χ3v) is 4.50. The average Bonchev–Trinajstić information content (AvgIpc) is 2.65. The van der Waals surface area contributed by atoms with Gasteiger partial charge in [0, 0.05) is 12.1 Å². The van der Waals surface area contributed by atoms with Crippen LogP contribution in [0, 0.1) is 13.8 Å². The summed E-state index contributed by atoms with van der Waals surface area (Å²) in [7, 11) is 0. The Kier molecular flexibility index (Phi) is 5.37. The third-order valence-electron chi connectivity index (χ3n) is 4.50. The fourth-order valence-corrected chi connectivity index (χ4v) is 2.83. The van der Waals surface area contributed by atoms with Crippen LogP contribution in [0.25, 0.3) is 10.9 Å². The first kappa shape index (κ1) is 17.7. The summed E-state index contributed by atoms with van der Waals surface area (Å²) in [5.41, 5.74) is 4.54. The van der Waals surface area contributed by atoms with Crippen LogP contribution in [0.1, 0.15) is 22.3 Å². The van der Waals surface area contributed by atoms with Crippen LogP contribution in [0.3, 0.4) is 0 Å². The van der Waals surface area contributed by atoms with Gasteiger partial charge in [-0.2, -0.15) is 0 Å². The number of ether oxygens (including phenoxy) is 1. The smallest absolute Gasteiger partial charge is 0.407 e. The highest BCUT2D eigenvalue weighted by atomic mass is 16.5. The molecule has 134 valence electrons. The van der Waals surface area contributed by atoms with Crippen LogP contribution in [-0.2, 0) is 17.8 Å². The summed E-state index contributed by atoms with van der Waals surface area (Å²) in [4.78, 5) is 27.0. The van der Waals surface area contributed by atoms with Crippen molar-refractivity contribution in [1.29, 1.82) is 0 Å². The van der Waals surface area contributed by atoms with E-state index in [0.717, 1.165) is 27.6 Å². The quantitative estimate of drug-likeness (QED) is 0.738. The molecule has 0 saturated heterocycles. The van der Waals surface area contributed by atoms with Crippen molar-refractivity contribution in [3.05, 3.63) is 81.1 Å². The van der Waals surface area contributed by atoms with E-state index in [2.05, 4.69) is 10.3 Å². The molecule has 3 rings (SSSR count). The Balaban J connectivity index is 1.58. The van der Waals surface area contributed by atoms with Gasteiger partial charge in [0.25, 0.3) is 5.56 Å². The number of aromatic nitrogens is 1. The summed E-state index contributed by atoms with van der Waals surface area (Å²) in [6, 6.07) is 15.4. The predicted molar refractivity (Wildman–Crippen MR) is 102 cm³/mol. The minimum atomic E-state index is -0.488. The van der Waals surface area contributed by atoms with E-state index in [1.54, 1.807) is 0 Å². The molecule has 5 heteroatoms. The van der Waals surface area contributed by atoms with Gasteiger partial charge in [-0.15, -0.1) is 0 Å². The van der Waals surface area contributed by atoms with Crippen molar-refractivity contribution in [2.24, 2.45) is 0 Å². The average molecular weight is 350 g/mol. The van der Waals surface area contributed by atoms with Gasteiger partial charge in [0.05, 0.1) is 5.52 Å². The molecule has 2 N–H and O–H groups in total. The molecule has 0 fully saturated rings. The van der Waals surface area contributed by atoms with Gasteiger partial charge in [-0.1, -0.05) is 42.5 Å². The molecule has 0 spiro atoms. The van der Waals surface area contributed by atoms with E-state index >= 15 is 0 Å². The van der Waals surface area contributed by atoms with Crippen molar-refractivity contribution in [2.75, 3.05) is 6.54 Å². The third kappa shape index (κ3) is 4.11. The summed E-state index contributed by atoms with van der Waals surface area (Å²) in [6.07, 6.45) is -0.0453. The molecule has 0 aliphatic rings. The predicted octanol–water partition coefficient (Wildman–Crippen LogP) is 3.61. The summed E-state index contributed by atoms with van der Waals surface area (Å²) < 4.78 is 5.16. The highest BCUT2D eigenvalue weighted by Gasteiger charge is 2.08. The zero-order chi connectivity index (χ0) is 18.5. The van der Waals surface area contributed by atoms with Crippen molar-refractivity contribution < 1.29 is 9.53 Å². The molecule has 0 atom stereocenters. The highest BCUT2D eigenvalue weighted by molar-refractivity contribution is 5.83. The summed E-state index contributed by atoms with van der Waals surface area (Å²) >= 11 is 0.